The highest BCUT2D eigenvalue weighted by Crippen LogP contribution is 2.21. The maximum absolute atomic E-state index is 10.7. The molecule has 0 aromatic carbocycles. The van der Waals surface area contributed by atoms with Crippen LogP contribution in [0.3, 0.4) is 0 Å². The van der Waals surface area contributed by atoms with Gasteiger partial charge in [0.15, 0.2) is 6.10 Å². The van der Waals surface area contributed by atoms with E-state index in [0.717, 1.165) is 32.5 Å². The molecule has 2 saturated heterocycles. The smallest absolute Gasteiger partial charge is 0.332 e. The number of nitrogens with one attached hydrogen (secondary N) is 1. The van der Waals surface area contributed by atoms with Crippen molar-refractivity contribution in [3.63, 3.8) is 0 Å². The SMILES string of the molecule is CC1OCCC1CNCC1CCC(C(=O)O)O1. The number of rotatable bonds is 5. The van der Waals surface area contributed by atoms with Crippen LogP contribution in [-0.4, -0.2) is 49.1 Å². The fraction of sp³-hybridized carbons (Fsp3) is 0.917. The van der Waals surface area contributed by atoms with Gasteiger partial charge in [-0.25, -0.2) is 4.79 Å². The summed E-state index contributed by atoms with van der Waals surface area (Å²) in [6.07, 6.45) is 2.35. The second-order valence-corrected chi connectivity index (χ2v) is 4.95. The molecule has 0 saturated carbocycles. The predicted octanol–water partition coefficient (Wildman–Crippen LogP) is 0.633. The second kappa shape index (κ2) is 5.80. The number of hydrogen-bond donors (Lipinski definition) is 2. The van der Waals surface area contributed by atoms with Crippen molar-refractivity contribution in [2.45, 2.75) is 44.5 Å². The number of ether oxygens (including phenoxy) is 2. The maximum atomic E-state index is 10.7. The van der Waals surface area contributed by atoms with Crippen molar-refractivity contribution in [1.29, 1.82) is 0 Å². The summed E-state index contributed by atoms with van der Waals surface area (Å²) in [7, 11) is 0. The van der Waals surface area contributed by atoms with Crippen LogP contribution in [0.25, 0.3) is 0 Å². The standard InChI is InChI=1S/C12H21NO4/c1-8-9(4-5-16-8)6-13-7-10-2-3-11(17-10)12(14)15/h8-11,13H,2-7H2,1H3,(H,14,15). The van der Waals surface area contributed by atoms with Gasteiger partial charge in [0.05, 0.1) is 12.2 Å². The molecule has 2 rings (SSSR count). The average molecular weight is 243 g/mol. The zero-order chi connectivity index (χ0) is 12.3. The van der Waals surface area contributed by atoms with E-state index in [9.17, 15) is 4.79 Å². The van der Waals surface area contributed by atoms with Crippen molar-refractivity contribution in [2.75, 3.05) is 19.7 Å². The molecule has 0 spiro atoms. The lowest BCUT2D eigenvalue weighted by molar-refractivity contribution is -0.149. The molecule has 0 radical (unpaired) electrons. The maximum Gasteiger partial charge on any atom is 0.332 e. The Balaban J connectivity index is 1.61. The van der Waals surface area contributed by atoms with E-state index in [2.05, 4.69) is 12.2 Å². The van der Waals surface area contributed by atoms with Crippen molar-refractivity contribution in [3.05, 3.63) is 0 Å². The topological polar surface area (TPSA) is 67.8 Å². The van der Waals surface area contributed by atoms with Gasteiger partial charge in [-0.15, -0.1) is 0 Å². The molecule has 0 aromatic rings. The Hall–Kier alpha value is -0.650. The molecule has 0 amide bonds. The zero-order valence-corrected chi connectivity index (χ0v) is 10.2. The van der Waals surface area contributed by atoms with Gasteiger partial charge in [0.2, 0.25) is 0 Å². The Kier molecular flexibility index (Phi) is 4.36. The van der Waals surface area contributed by atoms with Crippen LogP contribution >= 0.6 is 0 Å². The second-order valence-electron chi connectivity index (χ2n) is 4.95. The molecule has 98 valence electrons. The lowest BCUT2D eigenvalue weighted by atomic mass is 10.0. The molecule has 4 atom stereocenters. The van der Waals surface area contributed by atoms with Crippen LogP contribution in [0.5, 0.6) is 0 Å². The molecule has 2 aliphatic heterocycles. The normalized spacial score (nSPS) is 37.5. The summed E-state index contributed by atoms with van der Waals surface area (Å²) in [5, 5.41) is 12.2. The summed E-state index contributed by atoms with van der Waals surface area (Å²) in [5.74, 6) is -0.267. The van der Waals surface area contributed by atoms with Gasteiger partial charge in [-0.2, -0.15) is 0 Å². The van der Waals surface area contributed by atoms with Crippen LogP contribution in [0.15, 0.2) is 0 Å². The quantitative estimate of drug-likeness (QED) is 0.741. The highest BCUT2D eigenvalue weighted by Gasteiger charge is 2.30. The van der Waals surface area contributed by atoms with Gasteiger partial charge in [-0.1, -0.05) is 0 Å². The monoisotopic (exact) mass is 243 g/mol. The summed E-state index contributed by atoms with van der Waals surface area (Å²) < 4.78 is 10.9. The molecule has 2 aliphatic rings. The van der Waals surface area contributed by atoms with Crippen molar-refractivity contribution >= 4 is 5.97 Å². The third-order valence-corrected chi connectivity index (χ3v) is 3.69. The molecule has 4 unspecified atom stereocenters. The van der Waals surface area contributed by atoms with Crippen LogP contribution in [0.4, 0.5) is 0 Å². The van der Waals surface area contributed by atoms with E-state index >= 15 is 0 Å². The van der Waals surface area contributed by atoms with E-state index < -0.39 is 12.1 Å². The molecule has 0 aliphatic carbocycles. The van der Waals surface area contributed by atoms with Crippen molar-refractivity contribution in [3.8, 4) is 0 Å². The minimum Gasteiger partial charge on any atom is -0.479 e. The van der Waals surface area contributed by atoms with E-state index in [0.29, 0.717) is 18.4 Å². The Labute approximate surface area is 101 Å². The van der Waals surface area contributed by atoms with Gasteiger partial charge in [-0.3, -0.25) is 0 Å². The van der Waals surface area contributed by atoms with E-state index in [-0.39, 0.29) is 6.10 Å². The first-order valence-corrected chi connectivity index (χ1v) is 6.37. The molecule has 2 N–H and O–H groups in total. The Morgan fingerprint density at radius 1 is 1.35 bits per heavy atom. The van der Waals surface area contributed by atoms with E-state index in [4.69, 9.17) is 14.6 Å². The van der Waals surface area contributed by atoms with Gasteiger partial charge in [0, 0.05) is 19.7 Å². The molecular formula is C12H21NO4. The molecular weight excluding hydrogens is 222 g/mol. The van der Waals surface area contributed by atoms with Gasteiger partial charge in [-0.05, 0) is 32.1 Å². The largest absolute Gasteiger partial charge is 0.479 e. The lowest BCUT2D eigenvalue weighted by Crippen LogP contribution is -2.33. The number of carboxylic acids is 1. The Morgan fingerprint density at radius 3 is 2.76 bits per heavy atom. The van der Waals surface area contributed by atoms with E-state index in [1.54, 1.807) is 0 Å². The third-order valence-electron chi connectivity index (χ3n) is 3.69. The van der Waals surface area contributed by atoms with E-state index in [1.807, 2.05) is 0 Å². The highest BCUT2D eigenvalue weighted by molar-refractivity contribution is 5.72. The third kappa shape index (κ3) is 3.40. The first kappa shape index (κ1) is 12.8. The Bertz CT molecular complexity index is 271. The summed E-state index contributed by atoms with van der Waals surface area (Å²) >= 11 is 0. The van der Waals surface area contributed by atoms with Crippen LogP contribution in [0.2, 0.25) is 0 Å². The summed E-state index contributed by atoms with van der Waals surface area (Å²) in [5.41, 5.74) is 0. The number of carbonyl (C=O) groups is 1. The molecule has 0 bridgehead atoms. The number of aliphatic carboxylic acids is 1. The zero-order valence-electron chi connectivity index (χ0n) is 10.2. The molecule has 2 fully saturated rings. The first-order valence-electron chi connectivity index (χ1n) is 6.37. The molecule has 5 nitrogen and oxygen atoms in total. The molecule has 17 heavy (non-hydrogen) atoms. The molecule has 2 heterocycles. The minimum absolute atomic E-state index is 0.0497. The Morgan fingerprint density at radius 2 is 2.18 bits per heavy atom. The summed E-state index contributed by atoms with van der Waals surface area (Å²) in [4.78, 5) is 10.7. The molecule has 5 heteroatoms. The van der Waals surface area contributed by atoms with Gasteiger partial charge >= 0.3 is 5.97 Å². The minimum atomic E-state index is -0.842. The van der Waals surface area contributed by atoms with Gasteiger partial charge in [0.25, 0.3) is 0 Å². The van der Waals surface area contributed by atoms with Gasteiger partial charge in [0.1, 0.15) is 0 Å². The van der Waals surface area contributed by atoms with Crippen molar-refractivity contribution in [2.24, 2.45) is 5.92 Å². The van der Waals surface area contributed by atoms with Crippen LogP contribution in [0.1, 0.15) is 26.2 Å². The highest BCUT2D eigenvalue weighted by atomic mass is 16.5. The average Bonchev–Trinajstić information content (AvgIpc) is 2.89. The van der Waals surface area contributed by atoms with E-state index in [1.165, 1.54) is 0 Å². The number of hydrogen-bond acceptors (Lipinski definition) is 4. The first-order chi connectivity index (χ1) is 8.16. The predicted molar refractivity (Wildman–Crippen MR) is 61.9 cm³/mol. The molecule has 0 aromatic heterocycles. The number of carboxylic acid groups (broad SMARTS) is 1. The fourth-order valence-electron chi connectivity index (χ4n) is 2.51. The van der Waals surface area contributed by atoms with Crippen molar-refractivity contribution in [1.82, 2.24) is 5.32 Å². The van der Waals surface area contributed by atoms with Crippen LogP contribution in [0, 0.1) is 5.92 Å². The van der Waals surface area contributed by atoms with Gasteiger partial charge < -0.3 is 19.9 Å². The lowest BCUT2D eigenvalue weighted by Gasteiger charge is -2.17. The summed E-state index contributed by atoms with van der Waals surface area (Å²) in [6.45, 7) is 4.63. The van der Waals surface area contributed by atoms with Crippen LogP contribution < -0.4 is 5.32 Å². The fourth-order valence-corrected chi connectivity index (χ4v) is 2.51. The summed E-state index contributed by atoms with van der Waals surface area (Å²) in [6, 6.07) is 0. The van der Waals surface area contributed by atoms with Crippen molar-refractivity contribution < 1.29 is 19.4 Å². The van der Waals surface area contributed by atoms with Crippen LogP contribution in [-0.2, 0) is 14.3 Å².